The molecule has 0 saturated heterocycles. The van der Waals surface area contributed by atoms with Crippen LogP contribution in [0.3, 0.4) is 0 Å². The van der Waals surface area contributed by atoms with Gasteiger partial charge >= 0.3 is 0 Å². The highest BCUT2D eigenvalue weighted by atomic mass is 16.1. The Labute approximate surface area is 103 Å². The zero-order chi connectivity index (χ0) is 12.1. The molecule has 1 aliphatic rings. The molecule has 0 unspecified atom stereocenters. The molecule has 94 valence electrons. The van der Waals surface area contributed by atoms with Crippen molar-refractivity contribution in [2.45, 2.75) is 45.2 Å². The van der Waals surface area contributed by atoms with Gasteiger partial charge in [0.15, 0.2) is 0 Å². The zero-order valence-corrected chi connectivity index (χ0v) is 10.6. The number of aromatic nitrogens is 1. The molecule has 1 saturated carbocycles. The third-order valence-electron chi connectivity index (χ3n) is 3.82. The molecular weight excluding hydrogens is 212 g/mol. The molecule has 1 N–H and O–H groups in total. The summed E-state index contributed by atoms with van der Waals surface area (Å²) in [6.45, 7) is 3.90. The van der Waals surface area contributed by atoms with Crippen LogP contribution in [0, 0.1) is 5.92 Å². The van der Waals surface area contributed by atoms with E-state index in [1.807, 2.05) is 12.3 Å². The Balaban J connectivity index is 1.76. The van der Waals surface area contributed by atoms with Crippen LogP contribution >= 0.6 is 0 Å². The van der Waals surface area contributed by atoms with Gasteiger partial charge in [-0.2, -0.15) is 0 Å². The summed E-state index contributed by atoms with van der Waals surface area (Å²) in [6.07, 6.45) is 7.34. The first-order valence-electron chi connectivity index (χ1n) is 6.66. The van der Waals surface area contributed by atoms with Crippen LogP contribution in [0.2, 0.25) is 0 Å². The number of hydrogen-bond acceptors (Lipinski definition) is 2. The molecule has 3 heteroatoms. The van der Waals surface area contributed by atoms with Gasteiger partial charge in [-0.05, 0) is 31.7 Å². The van der Waals surface area contributed by atoms with Gasteiger partial charge in [0.2, 0.25) is 0 Å². The second kappa shape index (κ2) is 6.01. The summed E-state index contributed by atoms with van der Waals surface area (Å²) >= 11 is 0. The molecule has 0 radical (unpaired) electrons. The molecule has 1 fully saturated rings. The molecule has 0 spiro atoms. The van der Waals surface area contributed by atoms with E-state index in [0.717, 1.165) is 19.0 Å². The van der Waals surface area contributed by atoms with Crippen molar-refractivity contribution in [3.05, 3.63) is 34.7 Å². The van der Waals surface area contributed by atoms with Crippen LogP contribution in [-0.4, -0.2) is 17.2 Å². The van der Waals surface area contributed by atoms with E-state index < -0.39 is 0 Å². The molecular formula is C14H22N2O. The minimum absolute atomic E-state index is 0.0859. The van der Waals surface area contributed by atoms with Crippen LogP contribution in [0.5, 0.6) is 0 Å². The van der Waals surface area contributed by atoms with E-state index in [4.69, 9.17) is 0 Å². The third kappa shape index (κ3) is 3.43. The van der Waals surface area contributed by atoms with Gasteiger partial charge in [-0.3, -0.25) is 4.79 Å². The maximum absolute atomic E-state index is 11.5. The monoisotopic (exact) mass is 234 g/mol. The van der Waals surface area contributed by atoms with Crippen LogP contribution in [0.15, 0.2) is 29.2 Å². The summed E-state index contributed by atoms with van der Waals surface area (Å²) in [7, 11) is 0. The number of nitrogens with one attached hydrogen (secondary N) is 1. The van der Waals surface area contributed by atoms with Gasteiger partial charge in [0.25, 0.3) is 5.56 Å². The minimum atomic E-state index is 0.0859. The number of nitrogens with zero attached hydrogens (tertiary/aromatic N) is 1. The van der Waals surface area contributed by atoms with Crippen molar-refractivity contribution in [3.63, 3.8) is 0 Å². The van der Waals surface area contributed by atoms with E-state index in [2.05, 4.69) is 12.2 Å². The largest absolute Gasteiger partial charge is 0.314 e. The van der Waals surface area contributed by atoms with Crippen LogP contribution < -0.4 is 10.9 Å². The number of pyridine rings is 1. The summed E-state index contributed by atoms with van der Waals surface area (Å²) in [4.78, 5) is 11.5. The number of rotatable bonds is 5. The second-order valence-electron chi connectivity index (χ2n) is 5.02. The molecule has 3 nitrogen and oxygen atoms in total. The van der Waals surface area contributed by atoms with Crippen LogP contribution in [0.1, 0.15) is 32.6 Å². The Hall–Kier alpha value is -1.09. The maximum Gasteiger partial charge on any atom is 0.250 e. The maximum atomic E-state index is 11.5. The van der Waals surface area contributed by atoms with Gasteiger partial charge in [0.1, 0.15) is 0 Å². The van der Waals surface area contributed by atoms with Gasteiger partial charge < -0.3 is 9.88 Å². The van der Waals surface area contributed by atoms with Gasteiger partial charge in [-0.1, -0.05) is 18.9 Å². The van der Waals surface area contributed by atoms with Crippen molar-refractivity contribution < 1.29 is 0 Å². The van der Waals surface area contributed by atoms with E-state index in [0.29, 0.717) is 6.04 Å². The van der Waals surface area contributed by atoms with E-state index in [9.17, 15) is 4.79 Å². The quantitative estimate of drug-likeness (QED) is 0.845. The van der Waals surface area contributed by atoms with E-state index >= 15 is 0 Å². The summed E-state index contributed by atoms with van der Waals surface area (Å²) in [6, 6.07) is 5.88. The van der Waals surface area contributed by atoms with Crippen LogP contribution in [-0.2, 0) is 6.54 Å². The van der Waals surface area contributed by atoms with Gasteiger partial charge in [0.05, 0.1) is 0 Å². The highest BCUT2D eigenvalue weighted by Crippen LogP contribution is 2.27. The van der Waals surface area contributed by atoms with Gasteiger partial charge in [-0.25, -0.2) is 0 Å². The number of hydrogen-bond donors (Lipinski definition) is 1. The van der Waals surface area contributed by atoms with Crippen molar-refractivity contribution in [2.24, 2.45) is 5.92 Å². The smallest absolute Gasteiger partial charge is 0.250 e. The fourth-order valence-electron chi connectivity index (χ4n) is 2.68. The second-order valence-corrected chi connectivity index (χ2v) is 5.02. The van der Waals surface area contributed by atoms with Crippen molar-refractivity contribution in [1.29, 1.82) is 0 Å². The van der Waals surface area contributed by atoms with Crippen molar-refractivity contribution in [1.82, 2.24) is 9.88 Å². The summed E-state index contributed by atoms with van der Waals surface area (Å²) < 4.78 is 1.76. The average molecular weight is 234 g/mol. The molecule has 1 aromatic heterocycles. The zero-order valence-electron chi connectivity index (χ0n) is 10.6. The summed E-state index contributed by atoms with van der Waals surface area (Å²) in [5.41, 5.74) is 0.0859. The molecule has 17 heavy (non-hydrogen) atoms. The predicted octanol–water partition coefficient (Wildman–Crippen LogP) is 2.02. The highest BCUT2D eigenvalue weighted by molar-refractivity contribution is 4.93. The Kier molecular flexibility index (Phi) is 4.37. The summed E-state index contributed by atoms with van der Waals surface area (Å²) in [5, 5.41) is 3.54. The first-order chi connectivity index (χ1) is 8.27. The molecule has 2 rings (SSSR count). The van der Waals surface area contributed by atoms with Crippen molar-refractivity contribution in [3.8, 4) is 0 Å². The highest BCUT2D eigenvalue weighted by Gasteiger charge is 2.20. The lowest BCUT2D eigenvalue weighted by atomic mass is 10.00. The van der Waals surface area contributed by atoms with Crippen molar-refractivity contribution in [2.75, 3.05) is 6.54 Å². The van der Waals surface area contributed by atoms with Crippen LogP contribution in [0.25, 0.3) is 0 Å². The lowest BCUT2D eigenvalue weighted by molar-refractivity contribution is 0.374. The lowest BCUT2D eigenvalue weighted by Crippen LogP contribution is -2.35. The predicted molar refractivity (Wildman–Crippen MR) is 70.1 cm³/mol. The fourth-order valence-corrected chi connectivity index (χ4v) is 2.68. The van der Waals surface area contributed by atoms with Crippen molar-refractivity contribution >= 4 is 0 Å². The molecule has 0 bridgehead atoms. The van der Waals surface area contributed by atoms with E-state index in [-0.39, 0.29) is 5.56 Å². The SMILES string of the molecule is C[C@@H](NCCn1ccccc1=O)C1CCCC1. The first kappa shape index (κ1) is 12.4. The van der Waals surface area contributed by atoms with Gasteiger partial charge in [0, 0.05) is 31.4 Å². The van der Waals surface area contributed by atoms with Crippen LogP contribution in [0.4, 0.5) is 0 Å². The Morgan fingerprint density at radius 2 is 2.18 bits per heavy atom. The normalized spacial score (nSPS) is 18.4. The average Bonchev–Trinajstić information content (AvgIpc) is 2.85. The van der Waals surface area contributed by atoms with E-state index in [1.165, 1.54) is 25.7 Å². The standard InChI is InChI=1S/C14H22N2O/c1-12(13-6-2-3-7-13)15-9-11-16-10-5-4-8-14(16)17/h4-5,8,10,12-13,15H,2-3,6-7,9,11H2,1H3/t12-/m1/s1. The lowest BCUT2D eigenvalue weighted by Gasteiger charge is -2.20. The summed E-state index contributed by atoms with van der Waals surface area (Å²) in [5.74, 6) is 0.836. The van der Waals surface area contributed by atoms with E-state index in [1.54, 1.807) is 16.7 Å². The molecule has 1 aliphatic carbocycles. The molecule has 0 amide bonds. The Morgan fingerprint density at radius 1 is 1.41 bits per heavy atom. The topological polar surface area (TPSA) is 34.0 Å². The molecule has 0 aliphatic heterocycles. The minimum Gasteiger partial charge on any atom is -0.314 e. The Morgan fingerprint density at radius 3 is 2.88 bits per heavy atom. The molecule has 0 aromatic carbocycles. The molecule has 1 heterocycles. The van der Waals surface area contributed by atoms with Gasteiger partial charge in [-0.15, -0.1) is 0 Å². The fraction of sp³-hybridized carbons (Fsp3) is 0.643. The third-order valence-corrected chi connectivity index (χ3v) is 3.82. The molecule has 1 aromatic rings. The first-order valence-corrected chi connectivity index (χ1v) is 6.66. The Bertz CT molecular complexity index is 393. The molecule has 1 atom stereocenters.